The molecule has 0 spiro atoms. The second kappa shape index (κ2) is 6.12. The van der Waals surface area contributed by atoms with E-state index in [1.54, 1.807) is 19.3 Å². The van der Waals surface area contributed by atoms with E-state index in [-0.39, 0.29) is 5.82 Å². The molecule has 0 saturated heterocycles. The van der Waals surface area contributed by atoms with Gasteiger partial charge in [0.05, 0.1) is 23.8 Å². The first kappa shape index (κ1) is 14.0. The van der Waals surface area contributed by atoms with Gasteiger partial charge in [0.15, 0.2) is 11.5 Å². The fourth-order valence-electron chi connectivity index (χ4n) is 1.62. The van der Waals surface area contributed by atoms with Crippen LogP contribution in [0, 0.1) is 5.41 Å². The van der Waals surface area contributed by atoms with Crippen molar-refractivity contribution in [2.45, 2.75) is 0 Å². The first-order valence-electron chi connectivity index (χ1n) is 5.81. The zero-order valence-corrected chi connectivity index (χ0v) is 11.5. The molecule has 0 unspecified atom stereocenters. The van der Waals surface area contributed by atoms with Crippen LogP contribution in [-0.2, 0) is 0 Å². The van der Waals surface area contributed by atoms with E-state index in [9.17, 15) is 0 Å². The van der Waals surface area contributed by atoms with E-state index >= 15 is 0 Å². The summed E-state index contributed by atoms with van der Waals surface area (Å²) in [5, 5.41) is 13.6. The zero-order chi connectivity index (χ0) is 14.5. The third-order valence-electron chi connectivity index (χ3n) is 2.59. The van der Waals surface area contributed by atoms with Crippen LogP contribution in [0.4, 0.5) is 11.5 Å². The largest absolute Gasteiger partial charge is 0.450 e. The van der Waals surface area contributed by atoms with Gasteiger partial charge in [-0.1, -0.05) is 17.7 Å². The number of rotatable bonds is 4. The molecule has 2 rings (SSSR count). The number of nitrogens with two attached hydrogens (primary N) is 1. The number of pyridine rings is 1. The van der Waals surface area contributed by atoms with Gasteiger partial charge in [-0.3, -0.25) is 0 Å². The summed E-state index contributed by atoms with van der Waals surface area (Å²) < 4.78 is 5.63. The number of anilines is 2. The molecular formula is C13H14ClN5O. The van der Waals surface area contributed by atoms with Crippen molar-refractivity contribution >= 4 is 29.3 Å². The van der Waals surface area contributed by atoms with Crippen molar-refractivity contribution in [1.29, 1.82) is 5.41 Å². The SMILES string of the molecule is CNc1c(N)ncc(O/C(C=N)=C2\C=CC=CN2)c1Cl. The smallest absolute Gasteiger partial charge is 0.168 e. The molecule has 104 valence electrons. The van der Waals surface area contributed by atoms with Crippen molar-refractivity contribution in [2.24, 2.45) is 0 Å². The fraction of sp³-hybridized carbons (Fsp3) is 0.0769. The van der Waals surface area contributed by atoms with E-state index < -0.39 is 0 Å². The third-order valence-corrected chi connectivity index (χ3v) is 2.96. The molecular weight excluding hydrogens is 278 g/mol. The van der Waals surface area contributed by atoms with Crippen molar-refractivity contribution in [2.75, 3.05) is 18.1 Å². The molecule has 0 amide bonds. The van der Waals surface area contributed by atoms with Gasteiger partial charge in [-0.05, 0) is 12.2 Å². The van der Waals surface area contributed by atoms with Gasteiger partial charge in [0.1, 0.15) is 10.8 Å². The van der Waals surface area contributed by atoms with Crippen molar-refractivity contribution in [3.63, 3.8) is 0 Å². The summed E-state index contributed by atoms with van der Waals surface area (Å²) in [7, 11) is 1.69. The van der Waals surface area contributed by atoms with E-state index in [1.165, 1.54) is 6.20 Å². The van der Waals surface area contributed by atoms with Gasteiger partial charge in [0.2, 0.25) is 0 Å². The van der Waals surface area contributed by atoms with Crippen LogP contribution >= 0.6 is 11.6 Å². The van der Waals surface area contributed by atoms with Crippen LogP contribution in [0.1, 0.15) is 0 Å². The molecule has 0 aromatic carbocycles. The van der Waals surface area contributed by atoms with Crippen LogP contribution < -0.4 is 21.1 Å². The average Bonchev–Trinajstić information content (AvgIpc) is 2.48. The van der Waals surface area contributed by atoms with Crippen molar-refractivity contribution < 1.29 is 4.74 Å². The van der Waals surface area contributed by atoms with Crippen molar-refractivity contribution in [3.05, 3.63) is 47.1 Å². The Kier molecular flexibility index (Phi) is 4.27. The van der Waals surface area contributed by atoms with Gasteiger partial charge in [0.25, 0.3) is 0 Å². The molecule has 1 aromatic rings. The molecule has 0 saturated carbocycles. The monoisotopic (exact) mass is 291 g/mol. The minimum absolute atomic E-state index is 0.285. The lowest BCUT2D eigenvalue weighted by Crippen LogP contribution is -2.13. The van der Waals surface area contributed by atoms with Gasteiger partial charge >= 0.3 is 0 Å². The first-order chi connectivity index (χ1) is 9.67. The van der Waals surface area contributed by atoms with Crippen LogP contribution in [0.25, 0.3) is 0 Å². The quantitative estimate of drug-likeness (QED) is 0.504. The number of nitrogen functional groups attached to an aromatic ring is 1. The summed E-state index contributed by atoms with van der Waals surface area (Å²) in [6.07, 6.45) is 9.72. The lowest BCUT2D eigenvalue weighted by Gasteiger charge is -2.15. The summed E-state index contributed by atoms with van der Waals surface area (Å²) in [4.78, 5) is 4.00. The zero-order valence-electron chi connectivity index (χ0n) is 10.8. The Hall–Kier alpha value is -2.47. The summed E-state index contributed by atoms with van der Waals surface area (Å²) in [6, 6.07) is 0. The molecule has 7 heteroatoms. The maximum absolute atomic E-state index is 7.45. The lowest BCUT2D eigenvalue weighted by atomic mass is 10.3. The van der Waals surface area contributed by atoms with Crippen LogP contribution in [0.3, 0.4) is 0 Å². The molecule has 1 aromatic heterocycles. The number of allylic oxidation sites excluding steroid dienone is 4. The molecule has 0 bridgehead atoms. The second-order valence-corrected chi connectivity index (χ2v) is 4.21. The van der Waals surface area contributed by atoms with E-state index in [0.717, 1.165) is 6.21 Å². The Bertz CT molecular complexity index is 621. The van der Waals surface area contributed by atoms with Crippen molar-refractivity contribution in [1.82, 2.24) is 10.3 Å². The topological polar surface area (TPSA) is 96.1 Å². The summed E-state index contributed by atoms with van der Waals surface area (Å²) in [5.41, 5.74) is 6.85. The van der Waals surface area contributed by atoms with Crippen LogP contribution in [-0.4, -0.2) is 18.2 Å². The summed E-state index contributed by atoms with van der Waals surface area (Å²) in [6.45, 7) is 0. The molecule has 0 fully saturated rings. The Labute approximate surface area is 121 Å². The van der Waals surface area contributed by atoms with Gasteiger partial charge in [-0.25, -0.2) is 4.98 Å². The van der Waals surface area contributed by atoms with Crippen LogP contribution in [0.15, 0.2) is 42.1 Å². The highest BCUT2D eigenvalue weighted by molar-refractivity contribution is 6.35. The van der Waals surface area contributed by atoms with E-state index in [1.807, 2.05) is 12.2 Å². The predicted octanol–water partition coefficient (Wildman–Crippen LogP) is 2.27. The molecule has 5 N–H and O–H groups in total. The summed E-state index contributed by atoms with van der Waals surface area (Å²) in [5.74, 6) is 0.926. The molecule has 0 atom stereocenters. The summed E-state index contributed by atoms with van der Waals surface area (Å²) >= 11 is 6.20. The number of hydrogen-bond acceptors (Lipinski definition) is 6. The van der Waals surface area contributed by atoms with Gasteiger partial charge in [0, 0.05) is 13.2 Å². The number of halogens is 1. The average molecular weight is 292 g/mol. The molecule has 1 aliphatic rings. The Morgan fingerprint density at radius 3 is 2.95 bits per heavy atom. The highest BCUT2D eigenvalue weighted by atomic mass is 35.5. The number of aromatic nitrogens is 1. The Morgan fingerprint density at radius 2 is 2.35 bits per heavy atom. The van der Waals surface area contributed by atoms with E-state index in [4.69, 9.17) is 27.5 Å². The minimum Gasteiger partial charge on any atom is -0.450 e. The first-order valence-corrected chi connectivity index (χ1v) is 6.19. The molecule has 6 nitrogen and oxygen atoms in total. The maximum Gasteiger partial charge on any atom is 0.168 e. The molecule has 0 aliphatic carbocycles. The maximum atomic E-state index is 7.45. The number of nitrogens with one attached hydrogen (secondary N) is 3. The lowest BCUT2D eigenvalue weighted by molar-refractivity contribution is 0.447. The van der Waals surface area contributed by atoms with E-state index in [2.05, 4.69) is 15.6 Å². The van der Waals surface area contributed by atoms with Gasteiger partial charge < -0.3 is 26.5 Å². The fourth-order valence-corrected chi connectivity index (χ4v) is 1.90. The molecule has 1 aliphatic heterocycles. The molecule has 2 heterocycles. The normalized spacial score (nSPS) is 15.5. The highest BCUT2D eigenvalue weighted by Crippen LogP contribution is 2.35. The minimum atomic E-state index is 0.285. The number of hydrogen-bond donors (Lipinski definition) is 4. The van der Waals surface area contributed by atoms with E-state index in [0.29, 0.717) is 27.9 Å². The number of nitrogens with zero attached hydrogens (tertiary/aromatic N) is 1. The molecule has 0 radical (unpaired) electrons. The Balaban J connectivity index is 2.36. The van der Waals surface area contributed by atoms with Crippen LogP contribution in [0.2, 0.25) is 5.02 Å². The van der Waals surface area contributed by atoms with Gasteiger partial charge in [-0.15, -0.1) is 0 Å². The third kappa shape index (κ3) is 2.75. The van der Waals surface area contributed by atoms with Crippen molar-refractivity contribution in [3.8, 4) is 5.75 Å². The standard InChI is InChI=1S/C13H14ClN5O/c1-17-12-11(14)10(7-19-13(12)16)20-9(6-15)8-4-2-3-5-18-8/h2-7,15,17-18H,1H3,(H2,16,19)/b9-8+,15-6?. The Morgan fingerprint density at radius 1 is 1.55 bits per heavy atom. The molecule has 20 heavy (non-hydrogen) atoms. The van der Waals surface area contributed by atoms with Crippen LogP contribution in [0.5, 0.6) is 5.75 Å². The predicted molar refractivity (Wildman–Crippen MR) is 81.1 cm³/mol. The highest BCUT2D eigenvalue weighted by Gasteiger charge is 2.14. The second-order valence-electron chi connectivity index (χ2n) is 3.83. The number of dihydropyridines is 1. The van der Waals surface area contributed by atoms with Gasteiger partial charge in [-0.2, -0.15) is 0 Å². The number of ether oxygens (including phenoxy) is 1.